The standard InChI is InChI=1S/C13H11F2N5/c1-20-13-9(6-19-20)12(17-7-18-13)16-5-8-2-3-10(14)11(15)4-8/h2-4,6-7H,5H2,1H3,(H,16,17,18). The third kappa shape index (κ3) is 2.18. The fraction of sp³-hybridized carbons (Fsp3) is 0.154. The van der Waals surface area contributed by atoms with Crippen molar-refractivity contribution in [1.82, 2.24) is 19.7 Å². The van der Waals surface area contributed by atoms with Gasteiger partial charge in [-0.2, -0.15) is 5.10 Å². The van der Waals surface area contributed by atoms with Crippen molar-refractivity contribution in [2.24, 2.45) is 7.05 Å². The lowest BCUT2D eigenvalue weighted by molar-refractivity contribution is 0.507. The van der Waals surface area contributed by atoms with Gasteiger partial charge in [-0.1, -0.05) is 6.07 Å². The van der Waals surface area contributed by atoms with Crippen molar-refractivity contribution in [2.75, 3.05) is 5.32 Å². The molecule has 20 heavy (non-hydrogen) atoms. The maximum Gasteiger partial charge on any atom is 0.163 e. The summed E-state index contributed by atoms with van der Waals surface area (Å²) in [6.45, 7) is 0.332. The molecule has 102 valence electrons. The van der Waals surface area contributed by atoms with Gasteiger partial charge in [0.15, 0.2) is 17.3 Å². The Morgan fingerprint density at radius 3 is 2.85 bits per heavy atom. The molecule has 1 N–H and O–H groups in total. The summed E-state index contributed by atoms with van der Waals surface area (Å²) in [5, 5.41) is 7.95. The van der Waals surface area contributed by atoms with E-state index in [1.54, 1.807) is 17.9 Å². The van der Waals surface area contributed by atoms with Crippen molar-refractivity contribution >= 4 is 16.9 Å². The summed E-state index contributed by atoms with van der Waals surface area (Å²) in [4.78, 5) is 8.25. The van der Waals surface area contributed by atoms with E-state index >= 15 is 0 Å². The van der Waals surface area contributed by atoms with Gasteiger partial charge in [0.2, 0.25) is 0 Å². The molecule has 5 nitrogen and oxygen atoms in total. The molecule has 2 heterocycles. The predicted octanol–water partition coefficient (Wildman–Crippen LogP) is 2.25. The molecule has 0 saturated heterocycles. The molecule has 0 saturated carbocycles. The molecule has 0 radical (unpaired) electrons. The van der Waals surface area contributed by atoms with E-state index in [2.05, 4.69) is 20.4 Å². The first-order valence-electron chi connectivity index (χ1n) is 5.95. The van der Waals surface area contributed by atoms with Crippen molar-refractivity contribution in [2.45, 2.75) is 6.54 Å². The molecule has 0 bridgehead atoms. The van der Waals surface area contributed by atoms with Gasteiger partial charge in [-0.3, -0.25) is 4.68 Å². The average Bonchev–Trinajstić information content (AvgIpc) is 2.83. The van der Waals surface area contributed by atoms with E-state index in [1.807, 2.05) is 0 Å². The van der Waals surface area contributed by atoms with E-state index in [0.717, 1.165) is 17.5 Å². The van der Waals surface area contributed by atoms with Crippen LogP contribution in [0.3, 0.4) is 0 Å². The molecule has 7 heteroatoms. The quantitative estimate of drug-likeness (QED) is 0.796. The second-order valence-electron chi connectivity index (χ2n) is 4.33. The minimum Gasteiger partial charge on any atom is -0.365 e. The number of hydrogen-bond donors (Lipinski definition) is 1. The first-order valence-corrected chi connectivity index (χ1v) is 5.95. The summed E-state index contributed by atoms with van der Waals surface area (Å²) >= 11 is 0. The highest BCUT2D eigenvalue weighted by atomic mass is 19.2. The molecule has 0 aliphatic rings. The van der Waals surface area contributed by atoms with Crippen molar-refractivity contribution in [3.05, 3.63) is 47.9 Å². The number of nitrogens with one attached hydrogen (secondary N) is 1. The highest BCUT2D eigenvalue weighted by Crippen LogP contribution is 2.18. The van der Waals surface area contributed by atoms with E-state index in [4.69, 9.17) is 0 Å². The van der Waals surface area contributed by atoms with Crippen molar-refractivity contribution in [1.29, 1.82) is 0 Å². The van der Waals surface area contributed by atoms with Crippen LogP contribution in [0.5, 0.6) is 0 Å². The third-order valence-corrected chi connectivity index (χ3v) is 2.97. The molecule has 0 spiro atoms. The number of aryl methyl sites for hydroxylation is 1. The van der Waals surface area contributed by atoms with Crippen LogP contribution < -0.4 is 5.32 Å². The number of halogens is 2. The fourth-order valence-corrected chi connectivity index (χ4v) is 1.94. The zero-order valence-electron chi connectivity index (χ0n) is 10.6. The number of rotatable bonds is 3. The zero-order chi connectivity index (χ0) is 14.1. The van der Waals surface area contributed by atoms with Crippen LogP contribution in [0.15, 0.2) is 30.7 Å². The van der Waals surface area contributed by atoms with Crippen LogP contribution in [-0.2, 0) is 13.6 Å². The molecule has 2 aromatic heterocycles. The number of hydrogen-bond acceptors (Lipinski definition) is 4. The summed E-state index contributed by atoms with van der Waals surface area (Å²) < 4.78 is 27.6. The zero-order valence-corrected chi connectivity index (χ0v) is 10.6. The highest BCUT2D eigenvalue weighted by Gasteiger charge is 2.08. The molecule has 0 aliphatic heterocycles. The normalized spacial score (nSPS) is 10.9. The largest absolute Gasteiger partial charge is 0.365 e. The Kier molecular flexibility index (Phi) is 3.02. The van der Waals surface area contributed by atoms with Gasteiger partial charge in [-0.25, -0.2) is 18.7 Å². The molecule has 1 aromatic carbocycles. The second-order valence-corrected chi connectivity index (χ2v) is 4.33. The van der Waals surface area contributed by atoms with E-state index in [0.29, 0.717) is 23.6 Å². The average molecular weight is 275 g/mol. The van der Waals surface area contributed by atoms with E-state index in [9.17, 15) is 8.78 Å². The lowest BCUT2D eigenvalue weighted by atomic mass is 10.2. The van der Waals surface area contributed by atoms with Gasteiger partial charge in [-0.15, -0.1) is 0 Å². The van der Waals surface area contributed by atoms with Crippen LogP contribution in [0.4, 0.5) is 14.6 Å². The summed E-state index contributed by atoms with van der Waals surface area (Å²) in [5.74, 6) is -1.11. The lowest BCUT2D eigenvalue weighted by Gasteiger charge is -2.06. The van der Waals surface area contributed by atoms with Crippen molar-refractivity contribution in [3.63, 3.8) is 0 Å². The van der Waals surface area contributed by atoms with Gasteiger partial charge in [0.1, 0.15) is 12.1 Å². The summed E-state index contributed by atoms with van der Waals surface area (Å²) in [7, 11) is 1.79. The van der Waals surface area contributed by atoms with Crippen LogP contribution in [0, 0.1) is 11.6 Å². The van der Waals surface area contributed by atoms with Gasteiger partial charge >= 0.3 is 0 Å². The summed E-state index contributed by atoms with van der Waals surface area (Å²) in [6.07, 6.45) is 3.08. The van der Waals surface area contributed by atoms with Crippen molar-refractivity contribution < 1.29 is 8.78 Å². The second kappa shape index (κ2) is 4.84. The maximum atomic E-state index is 13.1. The SMILES string of the molecule is Cn1ncc2c(NCc3ccc(F)c(F)c3)ncnc21. The number of anilines is 1. The van der Waals surface area contributed by atoms with Crippen molar-refractivity contribution in [3.8, 4) is 0 Å². The Morgan fingerprint density at radius 2 is 2.05 bits per heavy atom. The van der Waals surface area contributed by atoms with Gasteiger partial charge in [-0.05, 0) is 17.7 Å². The number of fused-ring (bicyclic) bond motifs is 1. The van der Waals surface area contributed by atoms with Gasteiger partial charge in [0, 0.05) is 13.6 Å². The smallest absolute Gasteiger partial charge is 0.163 e. The Balaban J connectivity index is 1.85. The number of benzene rings is 1. The molecule has 0 fully saturated rings. The topological polar surface area (TPSA) is 55.6 Å². The lowest BCUT2D eigenvalue weighted by Crippen LogP contribution is -2.03. The minimum absolute atomic E-state index is 0.332. The van der Waals surface area contributed by atoms with Crippen LogP contribution in [0.25, 0.3) is 11.0 Å². The molecule has 0 amide bonds. The summed E-state index contributed by atoms with van der Waals surface area (Å²) in [5.41, 5.74) is 1.33. The van der Waals surface area contributed by atoms with Crippen LogP contribution in [0.2, 0.25) is 0 Å². The molecular formula is C13H11F2N5. The van der Waals surface area contributed by atoms with Gasteiger partial charge in [0.05, 0.1) is 11.6 Å². The molecule has 3 rings (SSSR count). The molecular weight excluding hydrogens is 264 g/mol. The van der Waals surface area contributed by atoms with Gasteiger partial charge in [0.25, 0.3) is 0 Å². The molecule has 0 atom stereocenters. The first-order chi connectivity index (χ1) is 9.65. The van der Waals surface area contributed by atoms with Crippen LogP contribution >= 0.6 is 0 Å². The Labute approximate surface area is 113 Å². The monoisotopic (exact) mass is 275 g/mol. The number of nitrogens with zero attached hydrogens (tertiary/aromatic N) is 4. The fourth-order valence-electron chi connectivity index (χ4n) is 1.94. The predicted molar refractivity (Wildman–Crippen MR) is 70.0 cm³/mol. The van der Waals surface area contributed by atoms with E-state index in [1.165, 1.54) is 12.4 Å². The van der Waals surface area contributed by atoms with Gasteiger partial charge < -0.3 is 5.32 Å². The first kappa shape index (κ1) is 12.5. The Bertz CT molecular complexity index is 769. The van der Waals surface area contributed by atoms with Crippen LogP contribution in [-0.4, -0.2) is 19.7 Å². The maximum absolute atomic E-state index is 13.1. The minimum atomic E-state index is -0.862. The summed E-state index contributed by atoms with van der Waals surface area (Å²) in [6, 6.07) is 3.78. The Hall–Kier alpha value is -2.57. The van der Waals surface area contributed by atoms with E-state index < -0.39 is 11.6 Å². The molecule has 0 unspecified atom stereocenters. The molecule has 3 aromatic rings. The highest BCUT2D eigenvalue weighted by molar-refractivity contribution is 5.85. The van der Waals surface area contributed by atoms with E-state index in [-0.39, 0.29) is 0 Å². The Morgan fingerprint density at radius 1 is 1.20 bits per heavy atom. The third-order valence-electron chi connectivity index (χ3n) is 2.97. The molecule has 0 aliphatic carbocycles. The van der Waals surface area contributed by atoms with Crippen LogP contribution in [0.1, 0.15) is 5.56 Å². The number of aromatic nitrogens is 4.